The first kappa shape index (κ1) is 19.5. The summed E-state index contributed by atoms with van der Waals surface area (Å²) in [5.41, 5.74) is 3.84. The van der Waals surface area contributed by atoms with Crippen LogP contribution in [0.15, 0.2) is 42.5 Å². The minimum Gasteiger partial charge on any atom is -0.345 e. The van der Waals surface area contributed by atoms with Gasteiger partial charge in [0.25, 0.3) is 5.91 Å². The van der Waals surface area contributed by atoms with Crippen LogP contribution in [-0.2, 0) is 13.0 Å². The number of benzene rings is 2. The molecule has 2 aromatic carbocycles. The van der Waals surface area contributed by atoms with E-state index in [9.17, 15) is 13.6 Å². The molecule has 0 spiro atoms. The molecule has 6 heteroatoms. The molecule has 1 aliphatic heterocycles. The second-order valence-electron chi connectivity index (χ2n) is 7.42. The van der Waals surface area contributed by atoms with Gasteiger partial charge in [-0.1, -0.05) is 31.2 Å². The van der Waals surface area contributed by atoms with Crippen LogP contribution in [0.2, 0.25) is 0 Å². The molecular formula is C23H23F2N3O. The molecule has 0 bridgehead atoms. The van der Waals surface area contributed by atoms with Crippen LogP contribution in [0, 0.1) is 11.6 Å². The Labute approximate surface area is 168 Å². The number of nitrogens with one attached hydrogen (secondary N) is 1. The summed E-state index contributed by atoms with van der Waals surface area (Å²) in [7, 11) is 0. The van der Waals surface area contributed by atoms with E-state index in [1.807, 2.05) is 24.3 Å². The third-order valence-electron chi connectivity index (χ3n) is 5.59. The molecule has 4 nitrogen and oxygen atoms in total. The van der Waals surface area contributed by atoms with E-state index in [4.69, 9.17) is 4.98 Å². The Hall–Kier alpha value is -2.86. The van der Waals surface area contributed by atoms with Crippen molar-refractivity contribution in [2.24, 2.45) is 0 Å². The summed E-state index contributed by atoms with van der Waals surface area (Å²) < 4.78 is 26.9. The topological polar surface area (TPSA) is 45.2 Å². The molecule has 3 aromatic rings. The lowest BCUT2D eigenvalue weighted by molar-refractivity contribution is 0.0938. The minimum atomic E-state index is -0.922. The summed E-state index contributed by atoms with van der Waals surface area (Å²) in [4.78, 5) is 20.4. The molecule has 1 atom stereocenters. The maximum atomic E-state index is 13.6. The predicted molar refractivity (Wildman–Crippen MR) is 109 cm³/mol. The summed E-state index contributed by atoms with van der Waals surface area (Å²) in [6, 6.07) is 10.9. The predicted octanol–water partition coefficient (Wildman–Crippen LogP) is 4.38. The smallest absolute Gasteiger partial charge is 0.252 e. The first-order valence-electron chi connectivity index (χ1n) is 9.86. The van der Waals surface area contributed by atoms with Crippen LogP contribution in [0.4, 0.5) is 8.78 Å². The van der Waals surface area contributed by atoms with Gasteiger partial charge in [0.05, 0.1) is 17.1 Å². The van der Waals surface area contributed by atoms with Crippen molar-refractivity contribution in [2.45, 2.75) is 32.9 Å². The first-order chi connectivity index (χ1) is 14.0. The van der Waals surface area contributed by atoms with Crippen molar-refractivity contribution in [1.82, 2.24) is 15.2 Å². The van der Waals surface area contributed by atoms with Gasteiger partial charge >= 0.3 is 0 Å². The van der Waals surface area contributed by atoms with Crippen molar-refractivity contribution < 1.29 is 13.6 Å². The number of nitrogens with zero attached hydrogens (tertiary/aromatic N) is 2. The van der Waals surface area contributed by atoms with Gasteiger partial charge in [0, 0.05) is 36.2 Å². The molecule has 0 unspecified atom stereocenters. The number of hydrogen-bond donors (Lipinski definition) is 1. The van der Waals surface area contributed by atoms with E-state index in [2.05, 4.69) is 17.1 Å². The fourth-order valence-electron chi connectivity index (χ4n) is 3.91. The van der Waals surface area contributed by atoms with Gasteiger partial charge in [-0.15, -0.1) is 0 Å². The molecule has 0 radical (unpaired) electrons. The fraction of sp³-hybridized carbons (Fsp3) is 0.304. The number of rotatable bonds is 4. The Morgan fingerprint density at radius 3 is 2.76 bits per heavy atom. The zero-order chi connectivity index (χ0) is 20.5. The molecule has 1 aromatic heterocycles. The number of halogens is 2. The zero-order valence-electron chi connectivity index (χ0n) is 16.5. The Kier molecular flexibility index (Phi) is 5.28. The largest absolute Gasteiger partial charge is 0.345 e. The van der Waals surface area contributed by atoms with Crippen LogP contribution in [-0.4, -0.2) is 28.9 Å². The Bertz CT molecular complexity index is 1080. The molecule has 4 rings (SSSR count). The fourth-order valence-corrected chi connectivity index (χ4v) is 3.91. The van der Waals surface area contributed by atoms with Crippen molar-refractivity contribution in [3.05, 3.63) is 76.5 Å². The van der Waals surface area contributed by atoms with Crippen LogP contribution in [0.5, 0.6) is 0 Å². The van der Waals surface area contributed by atoms with Crippen molar-refractivity contribution in [3.8, 4) is 0 Å². The number of likely N-dealkylation sites (N-methyl/N-ethyl adjacent to an activating group) is 1. The highest BCUT2D eigenvalue weighted by Gasteiger charge is 2.26. The molecule has 29 heavy (non-hydrogen) atoms. The molecule has 0 saturated heterocycles. The van der Waals surface area contributed by atoms with E-state index in [0.717, 1.165) is 53.8 Å². The van der Waals surface area contributed by atoms with E-state index >= 15 is 0 Å². The second kappa shape index (κ2) is 7.87. The standard InChI is InChI=1S/C23H23F2N3O/c1-3-28-11-10-21-17(13-28)22(16-6-4-5-7-20(16)27-21)23(29)26-14(2)15-8-9-18(24)19(25)12-15/h4-9,12,14H,3,10-11,13H2,1-2H3,(H,26,29)/t14-/m0/s1. The van der Waals surface area contributed by atoms with E-state index in [-0.39, 0.29) is 5.91 Å². The maximum Gasteiger partial charge on any atom is 0.252 e. The zero-order valence-corrected chi connectivity index (χ0v) is 16.5. The monoisotopic (exact) mass is 395 g/mol. The van der Waals surface area contributed by atoms with Gasteiger partial charge in [-0.25, -0.2) is 8.78 Å². The summed E-state index contributed by atoms with van der Waals surface area (Å²) >= 11 is 0. The second-order valence-corrected chi connectivity index (χ2v) is 7.42. The highest BCUT2D eigenvalue weighted by Crippen LogP contribution is 2.29. The van der Waals surface area contributed by atoms with Gasteiger partial charge in [-0.05, 0) is 37.2 Å². The molecule has 1 amide bonds. The van der Waals surface area contributed by atoms with E-state index in [1.165, 1.54) is 6.07 Å². The molecule has 1 N–H and O–H groups in total. The molecule has 0 aliphatic carbocycles. The molecule has 2 heterocycles. The van der Waals surface area contributed by atoms with Crippen LogP contribution in [0.1, 0.15) is 47.1 Å². The Morgan fingerprint density at radius 1 is 1.21 bits per heavy atom. The first-order valence-corrected chi connectivity index (χ1v) is 9.86. The summed E-state index contributed by atoms with van der Waals surface area (Å²) in [6.45, 7) is 6.36. The normalized spacial score (nSPS) is 15.2. The average Bonchev–Trinajstić information content (AvgIpc) is 2.73. The van der Waals surface area contributed by atoms with Gasteiger partial charge in [0.2, 0.25) is 0 Å². The summed E-state index contributed by atoms with van der Waals surface area (Å²) in [6.07, 6.45) is 0.799. The van der Waals surface area contributed by atoms with Crippen LogP contribution < -0.4 is 5.32 Å². The average molecular weight is 395 g/mol. The van der Waals surface area contributed by atoms with Crippen molar-refractivity contribution in [2.75, 3.05) is 13.1 Å². The SMILES string of the molecule is CCN1CCc2nc3ccccc3c(C(=O)N[C@@H](C)c3ccc(F)c(F)c3)c2C1. The number of carbonyl (C=O) groups excluding carboxylic acids is 1. The Balaban J connectivity index is 1.73. The van der Waals surface area contributed by atoms with Gasteiger partial charge < -0.3 is 5.32 Å². The minimum absolute atomic E-state index is 0.227. The lowest BCUT2D eigenvalue weighted by Gasteiger charge is -2.29. The lowest BCUT2D eigenvalue weighted by atomic mass is 9.94. The number of amides is 1. The highest BCUT2D eigenvalue weighted by atomic mass is 19.2. The molecule has 150 valence electrons. The van der Waals surface area contributed by atoms with Crippen molar-refractivity contribution in [3.63, 3.8) is 0 Å². The quantitative estimate of drug-likeness (QED) is 0.713. The van der Waals surface area contributed by atoms with E-state index < -0.39 is 17.7 Å². The maximum absolute atomic E-state index is 13.6. The summed E-state index contributed by atoms with van der Waals surface area (Å²) in [5, 5.41) is 3.76. The Morgan fingerprint density at radius 2 is 2.00 bits per heavy atom. The van der Waals surface area contributed by atoms with Crippen LogP contribution in [0.3, 0.4) is 0 Å². The number of hydrogen-bond acceptors (Lipinski definition) is 3. The number of para-hydroxylation sites is 1. The van der Waals surface area contributed by atoms with Gasteiger partial charge in [0.1, 0.15) is 0 Å². The van der Waals surface area contributed by atoms with E-state index in [0.29, 0.717) is 17.7 Å². The number of pyridine rings is 1. The number of carbonyl (C=O) groups is 1. The van der Waals surface area contributed by atoms with Gasteiger partial charge in [-0.2, -0.15) is 0 Å². The molecular weight excluding hydrogens is 372 g/mol. The van der Waals surface area contributed by atoms with Crippen LogP contribution >= 0.6 is 0 Å². The number of fused-ring (bicyclic) bond motifs is 2. The molecule has 0 saturated carbocycles. The lowest BCUT2D eigenvalue weighted by Crippen LogP contribution is -2.34. The number of aromatic nitrogens is 1. The van der Waals surface area contributed by atoms with E-state index in [1.54, 1.807) is 6.92 Å². The highest BCUT2D eigenvalue weighted by molar-refractivity contribution is 6.07. The van der Waals surface area contributed by atoms with Crippen molar-refractivity contribution >= 4 is 16.8 Å². The molecule has 0 fully saturated rings. The van der Waals surface area contributed by atoms with Crippen molar-refractivity contribution in [1.29, 1.82) is 0 Å². The van der Waals surface area contributed by atoms with Gasteiger partial charge in [0.15, 0.2) is 11.6 Å². The van der Waals surface area contributed by atoms with Crippen LogP contribution in [0.25, 0.3) is 10.9 Å². The van der Waals surface area contributed by atoms with Gasteiger partial charge in [-0.3, -0.25) is 14.7 Å². The molecule has 1 aliphatic rings. The summed E-state index contributed by atoms with van der Waals surface area (Å²) in [5.74, 6) is -2.05. The third kappa shape index (κ3) is 3.72. The third-order valence-corrected chi connectivity index (χ3v) is 5.59.